The van der Waals surface area contributed by atoms with Crippen LogP contribution in [0, 0.1) is 0 Å². The maximum absolute atomic E-state index is 12.7. The zero-order valence-corrected chi connectivity index (χ0v) is 17.6. The lowest BCUT2D eigenvalue weighted by Gasteiger charge is -2.11. The van der Waals surface area contributed by atoms with Gasteiger partial charge in [-0.3, -0.25) is 4.79 Å². The molecule has 0 bridgehead atoms. The van der Waals surface area contributed by atoms with Crippen molar-refractivity contribution in [2.24, 2.45) is 5.10 Å². The Hall–Kier alpha value is -4.32. The second-order valence-corrected chi connectivity index (χ2v) is 6.99. The first kappa shape index (κ1) is 20.9. The summed E-state index contributed by atoms with van der Waals surface area (Å²) >= 11 is 0. The van der Waals surface area contributed by atoms with E-state index in [1.807, 2.05) is 95.8 Å². The Labute approximate surface area is 186 Å². The van der Waals surface area contributed by atoms with Gasteiger partial charge in [0.05, 0.1) is 24.6 Å². The molecule has 0 atom stereocenters. The van der Waals surface area contributed by atoms with E-state index in [9.17, 15) is 4.79 Å². The molecule has 1 aromatic heterocycles. The number of benzene rings is 3. The van der Waals surface area contributed by atoms with Gasteiger partial charge in [0.2, 0.25) is 0 Å². The smallest absolute Gasteiger partial charge is 0.273 e. The summed E-state index contributed by atoms with van der Waals surface area (Å²) in [6.45, 7) is 0.421. The van der Waals surface area contributed by atoms with E-state index < -0.39 is 0 Å². The van der Waals surface area contributed by atoms with Crippen molar-refractivity contribution in [1.29, 1.82) is 0 Å². The summed E-state index contributed by atoms with van der Waals surface area (Å²) in [5.41, 5.74) is 5.74. The largest absolute Gasteiger partial charge is 0.493 e. The van der Waals surface area contributed by atoms with Crippen molar-refractivity contribution < 1.29 is 14.3 Å². The highest BCUT2D eigenvalue weighted by Crippen LogP contribution is 2.28. The van der Waals surface area contributed by atoms with E-state index >= 15 is 0 Å². The second kappa shape index (κ2) is 10.1. The minimum atomic E-state index is -0.292. The molecule has 0 saturated heterocycles. The Bertz CT molecular complexity index is 1200. The lowest BCUT2D eigenvalue weighted by molar-refractivity contribution is 0.0955. The molecule has 0 aliphatic heterocycles. The number of hydrogen-bond donors (Lipinski definition) is 1. The van der Waals surface area contributed by atoms with Gasteiger partial charge in [0.15, 0.2) is 11.5 Å². The van der Waals surface area contributed by atoms with Gasteiger partial charge in [0, 0.05) is 12.4 Å². The van der Waals surface area contributed by atoms with Crippen LogP contribution >= 0.6 is 0 Å². The van der Waals surface area contributed by atoms with Gasteiger partial charge in [-0.1, -0.05) is 42.5 Å². The average molecular weight is 425 g/mol. The molecule has 6 nitrogen and oxygen atoms in total. The fourth-order valence-electron chi connectivity index (χ4n) is 3.23. The molecule has 1 N–H and O–H groups in total. The van der Waals surface area contributed by atoms with Gasteiger partial charge in [-0.2, -0.15) is 5.10 Å². The van der Waals surface area contributed by atoms with E-state index in [-0.39, 0.29) is 5.91 Å². The van der Waals surface area contributed by atoms with Crippen molar-refractivity contribution in [3.8, 4) is 17.2 Å². The molecule has 0 spiro atoms. The number of nitrogens with one attached hydrogen (secondary N) is 1. The average Bonchev–Trinajstić information content (AvgIpc) is 3.38. The summed E-state index contributed by atoms with van der Waals surface area (Å²) in [7, 11) is 1.60. The van der Waals surface area contributed by atoms with Crippen LogP contribution in [0.4, 0.5) is 0 Å². The number of methoxy groups -OCH3 is 1. The number of para-hydroxylation sites is 1. The van der Waals surface area contributed by atoms with Gasteiger partial charge in [0.1, 0.15) is 6.61 Å². The number of aromatic nitrogens is 1. The molecule has 0 aliphatic carbocycles. The Morgan fingerprint density at radius 1 is 0.938 bits per heavy atom. The van der Waals surface area contributed by atoms with Crippen molar-refractivity contribution in [3.63, 3.8) is 0 Å². The first-order valence-corrected chi connectivity index (χ1v) is 10.1. The van der Waals surface area contributed by atoms with E-state index in [0.29, 0.717) is 23.7 Å². The molecule has 0 aliphatic rings. The van der Waals surface area contributed by atoms with Crippen molar-refractivity contribution in [2.45, 2.75) is 6.61 Å². The van der Waals surface area contributed by atoms with Gasteiger partial charge in [-0.15, -0.1) is 0 Å². The van der Waals surface area contributed by atoms with Crippen LogP contribution in [0.3, 0.4) is 0 Å². The molecule has 0 unspecified atom stereocenters. The summed E-state index contributed by atoms with van der Waals surface area (Å²) in [4.78, 5) is 12.7. The molecule has 1 amide bonds. The highest BCUT2D eigenvalue weighted by Gasteiger charge is 2.11. The Morgan fingerprint density at radius 2 is 1.69 bits per heavy atom. The number of hydrogen-bond acceptors (Lipinski definition) is 4. The summed E-state index contributed by atoms with van der Waals surface area (Å²) in [6.07, 6.45) is 5.36. The lowest BCUT2D eigenvalue weighted by atomic mass is 10.1. The second-order valence-electron chi connectivity index (χ2n) is 6.99. The van der Waals surface area contributed by atoms with Crippen LogP contribution in [-0.4, -0.2) is 23.8 Å². The molecular formula is C26H23N3O3. The maximum Gasteiger partial charge on any atom is 0.273 e. The molecule has 4 rings (SSSR count). The van der Waals surface area contributed by atoms with Gasteiger partial charge < -0.3 is 14.0 Å². The van der Waals surface area contributed by atoms with Crippen LogP contribution in [0.5, 0.6) is 11.5 Å². The quantitative estimate of drug-likeness (QED) is 0.325. The van der Waals surface area contributed by atoms with Crippen molar-refractivity contribution in [2.75, 3.05) is 7.11 Å². The van der Waals surface area contributed by atoms with E-state index in [2.05, 4.69) is 10.5 Å². The summed E-state index contributed by atoms with van der Waals surface area (Å²) < 4.78 is 13.2. The third-order valence-electron chi connectivity index (χ3n) is 4.84. The van der Waals surface area contributed by atoms with E-state index in [4.69, 9.17) is 9.47 Å². The monoisotopic (exact) mass is 425 g/mol. The van der Waals surface area contributed by atoms with Crippen LogP contribution in [0.15, 0.2) is 102 Å². The number of carbonyl (C=O) groups is 1. The molecule has 6 heteroatoms. The van der Waals surface area contributed by atoms with Crippen LogP contribution in [0.25, 0.3) is 5.69 Å². The number of carbonyl (C=O) groups excluding carboxylic acids is 1. The zero-order valence-electron chi connectivity index (χ0n) is 17.6. The Morgan fingerprint density at radius 3 is 2.47 bits per heavy atom. The van der Waals surface area contributed by atoms with Crippen LogP contribution < -0.4 is 14.9 Å². The number of rotatable bonds is 8. The van der Waals surface area contributed by atoms with Crippen LogP contribution in [0.1, 0.15) is 21.5 Å². The third-order valence-corrected chi connectivity index (χ3v) is 4.84. The topological polar surface area (TPSA) is 64.8 Å². The van der Waals surface area contributed by atoms with Crippen molar-refractivity contribution in [1.82, 2.24) is 9.99 Å². The molecule has 160 valence electrons. The minimum Gasteiger partial charge on any atom is -0.493 e. The van der Waals surface area contributed by atoms with E-state index in [0.717, 1.165) is 16.8 Å². The predicted molar refractivity (Wildman–Crippen MR) is 125 cm³/mol. The number of amides is 1. The van der Waals surface area contributed by atoms with E-state index in [1.165, 1.54) is 0 Å². The highest BCUT2D eigenvalue weighted by atomic mass is 16.5. The van der Waals surface area contributed by atoms with Gasteiger partial charge in [-0.05, 0) is 53.6 Å². The van der Waals surface area contributed by atoms with Crippen LogP contribution in [-0.2, 0) is 6.61 Å². The number of ether oxygens (including phenoxy) is 2. The molecule has 0 radical (unpaired) electrons. The van der Waals surface area contributed by atoms with Crippen molar-refractivity contribution >= 4 is 12.1 Å². The van der Waals surface area contributed by atoms with Gasteiger partial charge in [0.25, 0.3) is 5.91 Å². The zero-order chi connectivity index (χ0) is 22.2. The fraction of sp³-hybridized carbons (Fsp3) is 0.0769. The summed E-state index contributed by atoms with van der Waals surface area (Å²) in [5, 5.41) is 4.13. The standard InChI is InChI=1S/C26H23N3O3/c1-31-24-14-13-21(17-25(24)32-19-20-9-3-2-4-10-20)18-27-28-26(30)22-11-5-6-12-23(22)29-15-7-8-16-29/h2-18H,19H2,1H3,(H,28,30)/b27-18-. The highest BCUT2D eigenvalue weighted by molar-refractivity contribution is 5.98. The molecule has 32 heavy (non-hydrogen) atoms. The fourth-order valence-corrected chi connectivity index (χ4v) is 3.23. The Balaban J connectivity index is 1.45. The summed E-state index contributed by atoms with van der Waals surface area (Å²) in [6, 6.07) is 26.6. The SMILES string of the molecule is COc1ccc(/C=N\NC(=O)c2ccccc2-n2cccc2)cc1OCc1ccccc1. The summed E-state index contributed by atoms with van der Waals surface area (Å²) in [5.74, 6) is 0.937. The first-order valence-electron chi connectivity index (χ1n) is 10.1. The normalized spacial score (nSPS) is 10.8. The minimum absolute atomic E-state index is 0.292. The Kier molecular flexibility index (Phi) is 6.63. The lowest BCUT2D eigenvalue weighted by Crippen LogP contribution is -2.19. The maximum atomic E-state index is 12.7. The van der Waals surface area contributed by atoms with E-state index in [1.54, 1.807) is 19.4 Å². The molecule has 3 aromatic carbocycles. The van der Waals surface area contributed by atoms with Gasteiger partial charge >= 0.3 is 0 Å². The molecule has 0 fully saturated rings. The molecule has 4 aromatic rings. The predicted octanol–water partition coefficient (Wildman–Crippen LogP) is 4.83. The molecular weight excluding hydrogens is 402 g/mol. The molecule has 0 saturated carbocycles. The van der Waals surface area contributed by atoms with Gasteiger partial charge in [-0.25, -0.2) is 5.43 Å². The number of hydrazone groups is 1. The van der Waals surface area contributed by atoms with Crippen LogP contribution in [0.2, 0.25) is 0 Å². The molecule has 1 heterocycles. The number of nitrogens with zero attached hydrogens (tertiary/aromatic N) is 2. The van der Waals surface area contributed by atoms with Crippen molar-refractivity contribution in [3.05, 3.63) is 114 Å². The third kappa shape index (κ3) is 5.05. The first-order chi connectivity index (χ1) is 15.7.